The molecule has 2 saturated carbocycles. The van der Waals surface area contributed by atoms with Crippen LogP contribution in [0.5, 0.6) is 0 Å². The van der Waals surface area contributed by atoms with Crippen LogP contribution < -0.4 is 10.0 Å². The lowest BCUT2D eigenvalue weighted by Crippen LogP contribution is -2.43. The van der Waals surface area contributed by atoms with E-state index in [1.165, 1.54) is 32.1 Å². The third kappa shape index (κ3) is 4.17. The quantitative estimate of drug-likeness (QED) is 0.745. The van der Waals surface area contributed by atoms with E-state index < -0.39 is 10.0 Å². The van der Waals surface area contributed by atoms with E-state index >= 15 is 0 Å². The maximum Gasteiger partial charge on any atom is 0.213 e. The molecule has 0 spiro atoms. The lowest BCUT2D eigenvalue weighted by molar-refractivity contribution is 0.397. The van der Waals surface area contributed by atoms with E-state index in [1.807, 2.05) is 0 Å². The fourth-order valence-electron chi connectivity index (χ4n) is 3.38. The molecule has 110 valence electrons. The molecule has 1 heterocycles. The van der Waals surface area contributed by atoms with Crippen molar-refractivity contribution in [2.45, 2.75) is 51.0 Å². The molecule has 0 radical (unpaired) electrons. The number of piperidine rings is 1. The molecular formula is C14H26N2O2S. The number of sulfonamides is 1. The lowest BCUT2D eigenvalue weighted by Gasteiger charge is -2.24. The Bertz CT molecular complexity index is 384. The van der Waals surface area contributed by atoms with Crippen molar-refractivity contribution in [1.29, 1.82) is 0 Å². The zero-order chi connectivity index (χ0) is 13.3. The maximum atomic E-state index is 12.1. The molecule has 0 bridgehead atoms. The Morgan fingerprint density at radius 3 is 2.26 bits per heavy atom. The molecule has 19 heavy (non-hydrogen) atoms. The zero-order valence-electron chi connectivity index (χ0n) is 11.6. The topological polar surface area (TPSA) is 58.2 Å². The predicted octanol–water partition coefficient (Wildman–Crippen LogP) is 1.48. The van der Waals surface area contributed by atoms with Gasteiger partial charge in [-0.05, 0) is 62.8 Å². The van der Waals surface area contributed by atoms with Crippen LogP contribution in [0.4, 0.5) is 0 Å². The van der Waals surface area contributed by atoms with Crippen molar-refractivity contribution in [1.82, 2.24) is 10.0 Å². The van der Waals surface area contributed by atoms with Crippen LogP contribution in [0.25, 0.3) is 0 Å². The normalized spacial score (nSPS) is 28.8. The van der Waals surface area contributed by atoms with E-state index in [-0.39, 0.29) is 11.8 Å². The second-order valence-electron chi connectivity index (χ2n) is 6.62. The lowest BCUT2D eigenvalue weighted by atomic mass is 9.99. The van der Waals surface area contributed by atoms with E-state index in [1.54, 1.807) is 0 Å². The molecule has 2 N–H and O–H groups in total. The summed E-state index contributed by atoms with van der Waals surface area (Å²) in [5, 5.41) is 3.31. The Morgan fingerprint density at radius 2 is 1.74 bits per heavy atom. The predicted molar refractivity (Wildman–Crippen MR) is 76.4 cm³/mol. The average Bonchev–Trinajstić information content (AvgIpc) is 3.24. The van der Waals surface area contributed by atoms with Gasteiger partial charge in [0.2, 0.25) is 10.0 Å². The Kier molecular flexibility index (Phi) is 4.15. The van der Waals surface area contributed by atoms with Gasteiger partial charge in [0.1, 0.15) is 0 Å². The maximum absolute atomic E-state index is 12.1. The van der Waals surface area contributed by atoms with Gasteiger partial charge < -0.3 is 5.32 Å². The van der Waals surface area contributed by atoms with E-state index in [0.717, 1.165) is 31.2 Å². The van der Waals surface area contributed by atoms with Crippen LogP contribution in [0.3, 0.4) is 0 Å². The first kappa shape index (κ1) is 13.8. The van der Waals surface area contributed by atoms with Crippen molar-refractivity contribution in [3.05, 3.63) is 0 Å². The molecule has 1 atom stereocenters. The van der Waals surface area contributed by atoms with Gasteiger partial charge in [-0.2, -0.15) is 0 Å². The molecule has 1 unspecified atom stereocenters. The molecule has 3 fully saturated rings. The molecule has 3 rings (SSSR count). The Labute approximate surface area is 116 Å². The molecule has 0 aromatic carbocycles. The van der Waals surface area contributed by atoms with E-state index in [4.69, 9.17) is 0 Å². The second-order valence-corrected chi connectivity index (χ2v) is 8.47. The molecule has 1 saturated heterocycles. The highest BCUT2D eigenvalue weighted by Crippen LogP contribution is 2.48. The highest BCUT2D eigenvalue weighted by molar-refractivity contribution is 7.89. The average molecular weight is 286 g/mol. The molecule has 3 aliphatic rings. The minimum absolute atomic E-state index is 0.159. The number of hydrogen-bond acceptors (Lipinski definition) is 3. The SMILES string of the molecule is O=S(=O)(CC1CCCCN1)NCC(C1CC1)C1CC1. The first-order valence-corrected chi connectivity index (χ1v) is 9.50. The van der Waals surface area contributed by atoms with E-state index in [9.17, 15) is 8.42 Å². The molecule has 5 heteroatoms. The monoisotopic (exact) mass is 286 g/mol. The van der Waals surface area contributed by atoms with Gasteiger partial charge in [0, 0.05) is 12.6 Å². The summed E-state index contributed by atoms with van der Waals surface area (Å²) in [6.07, 6.45) is 8.57. The molecule has 2 aliphatic carbocycles. The zero-order valence-corrected chi connectivity index (χ0v) is 12.4. The number of hydrogen-bond donors (Lipinski definition) is 2. The highest BCUT2D eigenvalue weighted by Gasteiger charge is 2.41. The molecule has 0 amide bonds. The van der Waals surface area contributed by atoms with Gasteiger partial charge in [0.25, 0.3) is 0 Å². The summed E-state index contributed by atoms with van der Waals surface area (Å²) in [4.78, 5) is 0. The fraction of sp³-hybridized carbons (Fsp3) is 1.00. The summed E-state index contributed by atoms with van der Waals surface area (Å²) < 4.78 is 27.2. The van der Waals surface area contributed by atoms with E-state index in [0.29, 0.717) is 12.5 Å². The smallest absolute Gasteiger partial charge is 0.213 e. The van der Waals surface area contributed by atoms with Gasteiger partial charge in [0.15, 0.2) is 0 Å². The molecule has 0 aromatic rings. The van der Waals surface area contributed by atoms with Crippen LogP contribution in [0.15, 0.2) is 0 Å². The van der Waals surface area contributed by atoms with Crippen LogP contribution in [0.2, 0.25) is 0 Å². The summed E-state index contributed by atoms with van der Waals surface area (Å²) in [6, 6.07) is 0.159. The van der Waals surface area contributed by atoms with Crippen LogP contribution in [-0.4, -0.2) is 33.3 Å². The number of rotatable bonds is 7. The summed E-state index contributed by atoms with van der Waals surface area (Å²) in [5.41, 5.74) is 0. The second kappa shape index (κ2) is 5.70. The van der Waals surface area contributed by atoms with Gasteiger partial charge >= 0.3 is 0 Å². The molecule has 0 aromatic heterocycles. The highest BCUT2D eigenvalue weighted by atomic mass is 32.2. The van der Waals surface area contributed by atoms with Crippen molar-refractivity contribution >= 4 is 10.0 Å². The van der Waals surface area contributed by atoms with Gasteiger partial charge in [-0.1, -0.05) is 6.42 Å². The van der Waals surface area contributed by atoms with Crippen LogP contribution in [0.1, 0.15) is 44.9 Å². The third-order valence-electron chi connectivity index (χ3n) is 4.83. The van der Waals surface area contributed by atoms with Gasteiger partial charge in [-0.15, -0.1) is 0 Å². The first-order chi connectivity index (χ1) is 9.14. The Balaban J connectivity index is 1.46. The minimum Gasteiger partial charge on any atom is -0.313 e. The molecule has 1 aliphatic heterocycles. The van der Waals surface area contributed by atoms with Gasteiger partial charge in [-0.25, -0.2) is 13.1 Å². The molecule has 4 nitrogen and oxygen atoms in total. The summed E-state index contributed by atoms with van der Waals surface area (Å²) >= 11 is 0. The first-order valence-electron chi connectivity index (χ1n) is 7.85. The minimum atomic E-state index is -3.10. The molecular weight excluding hydrogens is 260 g/mol. The van der Waals surface area contributed by atoms with Crippen molar-refractivity contribution in [2.75, 3.05) is 18.8 Å². The van der Waals surface area contributed by atoms with Gasteiger partial charge in [-0.3, -0.25) is 0 Å². The van der Waals surface area contributed by atoms with Crippen LogP contribution >= 0.6 is 0 Å². The van der Waals surface area contributed by atoms with Crippen molar-refractivity contribution in [3.63, 3.8) is 0 Å². The van der Waals surface area contributed by atoms with Gasteiger partial charge in [0.05, 0.1) is 5.75 Å². The third-order valence-corrected chi connectivity index (χ3v) is 6.27. The summed E-state index contributed by atoms with van der Waals surface area (Å²) in [6.45, 7) is 1.65. The standard InChI is InChI=1S/C14H26N2O2S/c17-19(18,10-13-3-1-2-8-15-13)16-9-14(11-4-5-11)12-6-7-12/h11-16H,1-10H2. The van der Waals surface area contributed by atoms with Crippen molar-refractivity contribution in [3.8, 4) is 0 Å². The van der Waals surface area contributed by atoms with Crippen molar-refractivity contribution < 1.29 is 8.42 Å². The van der Waals surface area contributed by atoms with Crippen molar-refractivity contribution in [2.24, 2.45) is 17.8 Å². The van der Waals surface area contributed by atoms with Crippen LogP contribution in [0, 0.1) is 17.8 Å². The summed E-state index contributed by atoms with van der Waals surface area (Å²) in [5.74, 6) is 2.50. The van der Waals surface area contributed by atoms with E-state index in [2.05, 4.69) is 10.0 Å². The fourth-order valence-corrected chi connectivity index (χ4v) is 4.76. The Hall–Kier alpha value is -0.130. The summed E-state index contributed by atoms with van der Waals surface area (Å²) in [7, 11) is -3.10. The number of nitrogens with one attached hydrogen (secondary N) is 2. The Morgan fingerprint density at radius 1 is 1.05 bits per heavy atom. The van der Waals surface area contributed by atoms with Crippen LogP contribution in [-0.2, 0) is 10.0 Å². The largest absolute Gasteiger partial charge is 0.313 e.